The van der Waals surface area contributed by atoms with E-state index in [4.69, 9.17) is 9.47 Å². The normalized spacial score (nSPS) is 11.6. The quantitative estimate of drug-likeness (QED) is 0.852. The average molecular weight is 304 g/mol. The molecule has 0 aliphatic carbocycles. The maximum atomic E-state index is 12.3. The van der Waals surface area contributed by atoms with Crippen molar-refractivity contribution in [3.63, 3.8) is 0 Å². The number of nitrogens with one attached hydrogen (secondary N) is 2. The highest BCUT2D eigenvalue weighted by Crippen LogP contribution is 2.29. The summed E-state index contributed by atoms with van der Waals surface area (Å²) in [5.74, 6) is 1.65. The molecule has 0 saturated heterocycles. The van der Waals surface area contributed by atoms with Crippen molar-refractivity contribution in [2.45, 2.75) is 13.0 Å². The third-order valence-electron chi connectivity index (χ3n) is 3.14. The summed E-state index contributed by atoms with van der Waals surface area (Å²) in [4.78, 5) is 12.3. The first kappa shape index (κ1) is 15.7. The predicted octanol–water partition coefficient (Wildman–Crippen LogP) is 1.88. The first-order chi connectivity index (χ1) is 10.5. The van der Waals surface area contributed by atoms with E-state index in [1.807, 2.05) is 7.05 Å². The van der Waals surface area contributed by atoms with E-state index in [0.717, 1.165) is 0 Å². The van der Waals surface area contributed by atoms with Crippen LogP contribution in [0.2, 0.25) is 0 Å². The Balaban J connectivity index is 2.07. The molecule has 2 rings (SSSR count). The van der Waals surface area contributed by atoms with Gasteiger partial charge in [-0.2, -0.15) is 5.10 Å². The molecule has 0 aliphatic heterocycles. The number of aromatic nitrogens is 2. The summed E-state index contributed by atoms with van der Waals surface area (Å²) in [7, 11) is 4.93. The zero-order valence-electron chi connectivity index (χ0n) is 13.1. The van der Waals surface area contributed by atoms with Gasteiger partial charge < -0.3 is 20.1 Å². The van der Waals surface area contributed by atoms with E-state index in [9.17, 15) is 4.79 Å². The van der Waals surface area contributed by atoms with Gasteiger partial charge in [-0.15, -0.1) is 0 Å². The van der Waals surface area contributed by atoms with Crippen LogP contribution < -0.4 is 20.1 Å². The summed E-state index contributed by atoms with van der Waals surface area (Å²) >= 11 is 0. The van der Waals surface area contributed by atoms with Crippen LogP contribution in [0.15, 0.2) is 30.5 Å². The van der Waals surface area contributed by atoms with Gasteiger partial charge in [-0.1, -0.05) is 0 Å². The number of hydrogen-bond acceptors (Lipinski definition) is 5. The van der Waals surface area contributed by atoms with Crippen molar-refractivity contribution in [2.75, 3.05) is 24.9 Å². The molecule has 7 heteroatoms. The molecule has 0 radical (unpaired) electrons. The monoisotopic (exact) mass is 304 g/mol. The minimum atomic E-state index is -0.453. The van der Waals surface area contributed by atoms with E-state index in [0.29, 0.717) is 23.0 Å². The van der Waals surface area contributed by atoms with Crippen molar-refractivity contribution < 1.29 is 14.3 Å². The molecule has 1 atom stereocenters. The Hall–Kier alpha value is -2.70. The van der Waals surface area contributed by atoms with Crippen molar-refractivity contribution >= 4 is 17.4 Å². The predicted molar refractivity (Wildman–Crippen MR) is 84.5 cm³/mol. The molecule has 0 fully saturated rings. The Kier molecular flexibility index (Phi) is 4.88. The maximum absolute atomic E-state index is 12.3. The zero-order chi connectivity index (χ0) is 16.1. The molecule has 1 heterocycles. The van der Waals surface area contributed by atoms with Crippen molar-refractivity contribution in [3.05, 3.63) is 30.5 Å². The van der Waals surface area contributed by atoms with Crippen molar-refractivity contribution in [1.29, 1.82) is 0 Å². The van der Waals surface area contributed by atoms with Crippen LogP contribution in [0.3, 0.4) is 0 Å². The van der Waals surface area contributed by atoms with E-state index in [1.165, 1.54) is 0 Å². The first-order valence-corrected chi connectivity index (χ1v) is 6.82. The molecule has 0 bridgehead atoms. The molecule has 2 N–H and O–H groups in total. The number of benzene rings is 1. The van der Waals surface area contributed by atoms with E-state index in [1.54, 1.807) is 56.3 Å². The zero-order valence-corrected chi connectivity index (χ0v) is 13.1. The van der Waals surface area contributed by atoms with Crippen LogP contribution in [-0.4, -0.2) is 35.9 Å². The number of aryl methyl sites for hydroxylation is 1. The number of carbonyl (C=O) groups is 1. The van der Waals surface area contributed by atoms with Crippen LogP contribution in [0.4, 0.5) is 11.5 Å². The minimum absolute atomic E-state index is 0.197. The number of carbonyl (C=O) groups excluding carboxylic acids is 1. The summed E-state index contributed by atoms with van der Waals surface area (Å²) in [6.07, 6.45) is 1.80. The summed E-state index contributed by atoms with van der Waals surface area (Å²) in [5.41, 5.74) is 0.557. The van der Waals surface area contributed by atoms with Gasteiger partial charge in [0.1, 0.15) is 23.4 Å². The highest BCUT2D eigenvalue weighted by Gasteiger charge is 2.16. The van der Waals surface area contributed by atoms with Gasteiger partial charge >= 0.3 is 0 Å². The van der Waals surface area contributed by atoms with Crippen LogP contribution in [-0.2, 0) is 11.8 Å². The molecular formula is C15H20N4O3. The summed E-state index contributed by atoms with van der Waals surface area (Å²) in [6, 6.07) is 6.57. The fraction of sp³-hybridized carbons (Fsp3) is 0.333. The summed E-state index contributed by atoms with van der Waals surface area (Å²) in [5, 5.41) is 10.0. The van der Waals surface area contributed by atoms with Crippen LogP contribution in [0.5, 0.6) is 11.5 Å². The molecule has 0 aliphatic rings. The molecule has 7 nitrogen and oxygen atoms in total. The number of nitrogens with zero attached hydrogens (tertiary/aromatic N) is 2. The van der Waals surface area contributed by atoms with Gasteiger partial charge in [0.15, 0.2) is 0 Å². The van der Waals surface area contributed by atoms with Crippen molar-refractivity contribution in [2.24, 2.45) is 7.05 Å². The van der Waals surface area contributed by atoms with Crippen LogP contribution in [0.1, 0.15) is 6.92 Å². The second kappa shape index (κ2) is 6.84. The Bertz CT molecular complexity index is 654. The number of rotatable bonds is 6. The summed E-state index contributed by atoms with van der Waals surface area (Å²) < 4.78 is 12.1. The smallest absolute Gasteiger partial charge is 0.246 e. The number of anilines is 2. The van der Waals surface area contributed by atoms with Crippen molar-refractivity contribution in [1.82, 2.24) is 9.78 Å². The fourth-order valence-electron chi connectivity index (χ4n) is 1.93. The SMILES string of the molecule is COc1ccc(OC)c(NC(=O)C(C)Nc2ccn(C)n2)c1. The van der Waals surface area contributed by atoms with Gasteiger partial charge in [-0.3, -0.25) is 9.48 Å². The lowest BCUT2D eigenvalue weighted by atomic mass is 10.2. The highest BCUT2D eigenvalue weighted by atomic mass is 16.5. The van der Waals surface area contributed by atoms with Gasteiger partial charge in [0, 0.05) is 25.4 Å². The minimum Gasteiger partial charge on any atom is -0.497 e. The fourth-order valence-corrected chi connectivity index (χ4v) is 1.93. The molecule has 1 unspecified atom stereocenters. The van der Waals surface area contributed by atoms with E-state index < -0.39 is 6.04 Å². The maximum Gasteiger partial charge on any atom is 0.246 e. The van der Waals surface area contributed by atoms with Crippen molar-refractivity contribution in [3.8, 4) is 11.5 Å². The second-order valence-corrected chi connectivity index (χ2v) is 4.80. The lowest BCUT2D eigenvalue weighted by Gasteiger charge is -2.16. The van der Waals surface area contributed by atoms with Gasteiger partial charge in [-0.05, 0) is 19.1 Å². The third-order valence-corrected chi connectivity index (χ3v) is 3.14. The highest BCUT2D eigenvalue weighted by molar-refractivity contribution is 5.97. The molecule has 118 valence electrons. The topological polar surface area (TPSA) is 77.4 Å². The van der Waals surface area contributed by atoms with Gasteiger partial charge in [0.05, 0.1) is 19.9 Å². The van der Waals surface area contributed by atoms with Gasteiger partial charge in [0.25, 0.3) is 0 Å². The van der Waals surface area contributed by atoms with E-state index in [-0.39, 0.29) is 5.91 Å². The molecule has 1 aromatic carbocycles. The Morgan fingerprint density at radius 3 is 2.64 bits per heavy atom. The summed E-state index contributed by atoms with van der Waals surface area (Å²) in [6.45, 7) is 1.76. The number of hydrogen-bond donors (Lipinski definition) is 2. The van der Waals surface area contributed by atoms with Crippen LogP contribution >= 0.6 is 0 Å². The lowest BCUT2D eigenvalue weighted by Crippen LogP contribution is -2.32. The third kappa shape index (κ3) is 3.69. The molecule has 1 amide bonds. The Labute approximate surface area is 129 Å². The number of amides is 1. The van der Waals surface area contributed by atoms with E-state index in [2.05, 4.69) is 15.7 Å². The molecule has 1 aromatic heterocycles. The average Bonchev–Trinajstić information content (AvgIpc) is 2.92. The van der Waals surface area contributed by atoms with E-state index >= 15 is 0 Å². The Morgan fingerprint density at radius 2 is 2.05 bits per heavy atom. The van der Waals surface area contributed by atoms with Gasteiger partial charge in [-0.25, -0.2) is 0 Å². The molecule has 2 aromatic rings. The molecular weight excluding hydrogens is 284 g/mol. The largest absolute Gasteiger partial charge is 0.497 e. The molecule has 0 saturated carbocycles. The van der Waals surface area contributed by atoms with Crippen LogP contribution in [0, 0.1) is 0 Å². The van der Waals surface area contributed by atoms with Crippen LogP contribution in [0.25, 0.3) is 0 Å². The second-order valence-electron chi connectivity index (χ2n) is 4.80. The Morgan fingerprint density at radius 1 is 1.27 bits per heavy atom. The first-order valence-electron chi connectivity index (χ1n) is 6.82. The standard InChI is InChI=1S/C15H20N4O3/c1-10(16-14-7-8-19(2)18-14)15(20)17-12-9-11(21-3)5-6-13(12)22-4/h5-10H,1-4H3,(H,16,18)(H,17,20). The van der Waals surface area contributed by atoms with Gasteiger partial charge in [0.2, 0.25) is 5.91 Å². The molecule has 0 spiro atoms. The number of methoxy groups -OCH3 is 2. The number of ether oxygens (including phenoxy) is 2. The lowest BCUT2D eigenvalue weighted by molar-refractivity contribution is -0.116. The molecule has 22 heavy (non-hydrogen) atoms.